The van der Waals surface area contributed by atoms with Crippen molar-refractivity contribution in [1.29, 1.82) is 0 Å². The van der Waals surface area contributed by atoms with Crippen LogP contribution in [0.5, 0.6) is 0 Å². The standard InChI is InChI=1S/C16H27N3O2/c1-4-17-13(3)14-7-9-15(10-8-14)18-16(21)19(5-2)11-6-12-20/h7-10,13,17,20H,4-6,11-12H2,1-3H3,(H,18,21). The lowest BCUT2D eigenvalue weighted by atomic mass is 10.1. The molecule has 21 heavy (non-hydrogen) atoms. The Morgan fingerprint density at radius 2 is 1.95 bits per heavy atom. The minimum atomic E-state index is -0.126. The Morgan fingerprint density at radius 3 is 2.48 bits per heavy atom. The number of aliphatic hydroxyl groups excluding tert-OH is 1. The fourth-order valence-electron chi connectivity index (χ4n) is 2.15. The molecule has 2 amide bonds. The average Bonchev–Trinajstić information content (AvgIpc) is 2.49. The summed E-state index contributed by atoms with van der Waals surface area (Å²) in [5.41, 5.74) is 1.98. The topological polar surface area (TPSA) is 64.6 Å². The molecular weight excluding hydrogens is 266 g/mol. The number of amides is 2. The van der Waals surface area contributed by atoms with Gasteiger partial charge in [0, 0.05) is 31.4 Å². The van der Waals surface area contributed by atoms with Crippen molar-refractivity contribution in [2.45, 2.75) is 33.2 Å². The van der Waals surface area contributed by atoms with Crippen LogP contribution >= 0.6 is 0 Å². The van der Waals surface area contributed by atoms with Gasteiger partial charge in [-0.15, -0.1) is 0 Å². The van der Waals surface area contributed by atoms with Crippen molar-refractivity contribution < 1.29 is 9.90 Å². The molecule has 0 aliphatic rings. The zero-order valence-corrected chi connectivity index (χ0v) is 13.2. The van der Waals surface area contributed by atoms with E-state index in [1.807, 2.05) is 31.2 Å². The van der Waals surface area contributed by atoms with Crippen molar-refractivity contribution in [3.63, 3.8) is 0 Å². The summed E-state index contributed by atoms with van der Waals surface area (Å²) in [5, 5.41) is 15.1. The molecule has 0 saturated carbocycles. The first kappa shape index (κ1) is 17.5. The van der Waals surface area contributed by atoms with E-state index in [0.717, 1.165) is 12.2 Å². The zero-order valence-electron chi connectivity index (χ0n) is 13.2. The largest absolute Gasteiger partial charge is 0.396 e. The second kappa shape index (κ2) is 9.37. The Bertz CT molecular complexity index is 420. The van der Waals surface area contributed by atoms with Gasteiger partial charge in [-0.3, -0.25) is 0 Å². The Labute approximate surface area is 127 Å². The number of nitrogens with one attached hydrogen (secondary N) is 2. The molecule has 0 heterocycles. The molecule has 3 N–H and O–H groups in total. The fourth-order valence-corrected chi connectivity index (χ4v) is 2.15. The van der Waals surface area contributed by atoms with Crippen LogP contribution in [0.25, 0.3) is 0 Å². The molecule has 0 aliphatic carbocycles. The summed E-state index contributed by atoms with van der Waals surface area (Å²) in [6.45, 7) is 8.34. The Hall–Kier alpha value is -1.59. The second-order valence-electron chi connectivity index (χ2n) is 4.99. The van der Waals surface area contributed by atoms with E-state index in [-0.39, 0.29) is 12.6 Å². The molecular formula is C16H27N3O2. The molecule has 0 fully saturated rings. The molecule has 1 atom stereocenters. The molecule has 5 heteroatoms. The summed E-state index contributed by atoms with van der Waals surface area (Å²) in [5.74, 6) is 0. The third-order valence-corrected chi connectivity index (χ3v) is 3.43. The summed E-state index contributed by atoms with van der Waals surface area (Å²) in [6, 6.07) is 8.05. The molecule has 0 spiro atoms. The molecule has 0 aromatic heterocycles. The fraction of sp³-hybridized carbons (Fsp3) is 0.562. The smallest absolute Gasteiger partial charge is 0.321 e. The van der Waals surface area contributed by atoms with Gasteiger partial charge < -0.3 is 20.6 Å². The molecule has 0 bridgehead atoms. The Balaban J connectivity index is 2.59. The molecule has 1 rings (SSSR count). The lowest BCUT2D eigenvalue weighted by Crippen LogP contribution is -2.35. The third kappa shape index (κ3) is 5.73. The molecule has 1 unspecified atom stereocenters. The van der Waals surface area contributed by atoms with Gasteiger partial charge in [0.25, 0.3) is 0 Å². The van der Waals surface area contributed by atoms with Crippen LogP contribution in [-0.2, 0) is 0 Å². The van der Waals surface area contributed by atoms with Crippen LogP contribution in [0, 0.1) is 0 Å². The number of nitrogens with zero attached hydrogens (tertiary/aromatic N) is 1. The molecule has 0 radical (unpaired) electrons. The number of rotatable bonds is 8. The highest BCUT2D eigenvalue weighted by Gasteiger charge is 2.11. The van der Waals surface area contributed by atoms with E-state index in [2.05, 4.69) is 24.5 Å². The van der Waals surface area contributed by atoms with Gasteiger partial charge in [-0.1, -0.05) is 19.1 Å². The zero-order chi connectivity index (χ0) is 15.7. The predicted molar refractivity (Wildman–Crippen MR) is 86.5 cm³/mol. The van der Waals surface area contributed by atoms with Gasteiger partial charge in [0.1, 0.15) is 0 Å². The molecule has 1 aromatic carbocycles. The van der Waals surface area contributed by atoms with E-state index >= 15 is 0 Å². The van der Waals surface area contributed by atoms with Gasteiger partial charge in [0.15, 0.2) is 0 Å². The van der Waals surface area contributed by atoms with E-state index in [1.165, 1.54) is 5.56 Å². The van der Waals surface area contributed by atoms with Crippen LogP contribution in [-0.4, -0.2) is 42.3 Å². The summed E-state index contributed by atoms with van der Waals surface area (Å²) in [4.78, 5) is 13.8. The second-order valence-corrected chi connectivity index (χ2v) is 4.99. The van der Waals surface area contributed by atoms with E-state index in [4.69, 9.17) is 5.11 Å². The normalized spacial score (nSPS) is 12.0. The third-order valence-electron chi connectivity index (χ3n) is 3.43. The summed E-state index contributed by atoms with van der Waals surface area (Å²) in [7, 11) is 0. The average molecular weight is 293 g/mol. The van der Waals surface area contributed by atoms with Crippen molar-refractivity contribution in [1.82, 2.24) is 10.2 Å². The van der Waals surface area contributed by atoms with Crippen molar-refractivity contribution >= 4 is 11.7 Å². The molecule has 0 saturated heterocycles. The van der Waals surface area contributed by atoms with E-state index in [9.17, 15) is 4.79 Å². The number of carbonyl (C=O) groups is 1. The number of urea groups is 1. The summed E-state index contributed by atoms with van der Waals surface area (Å²) in [6.07, 6.45) is 0.598. The lowest BCUT2D eigenvalue weighted by molar-refractivity contribution is 0.205. The predicted octanol–water partition coefficient (Wildman–Crippen LogP) is 2.59. The number of carbonyl (C=O) groups excluding carboxylic acids is 1. The first-order valence-corrected chi connectivity index (χ1v) is 7.62. The van der Waals surface area contributed by atoms with E-state index in [0.29, 0.717) is 25.6 Å². The minimum Gasteiger partial charge on any atom is -0.396 e. The number of benzene rings is 1. The van der Waals surface area contributed by atoms with Crippen LogP contribution in [0.1, 0.15) is 38.8 Å². The maximum absolute atomic E-state index is 12.1. The number of hydrogen-bond donors (Lipinski definition) is 3. The molecule has 0 aliphatic heterocycles. The van der Waals surface area contributed by atoms with Crippen molar-refractivity contribution in [2.24, 2.45) is 0 Å². The van der Waals surface area contributed by atoms with Crippen LogP contribution in [0.2, 0.25) is 0 Å². The summed E-state index contributed by atoms with van der Waals surface area (Å²) < 4.78 is 0. The SMILES string of the molecule is CCNC(C)c1ccc(NC(=O)N(CC)CCCO)cc1. The van der Waals surface area contributed by atoms with Crippen molar-refractivity contribution in [3.05, 3.63) is 29.8 Å². The van der Waals surface area contributed by atoms with E-state index in [1.54, 1.807) is 4.90 Å². The van der Waals surface area contributed by atoms with Gasteiger partial charge in [0.05, 0.1) is 0 Å². The van der Waals surface area contributed by atoms with Gasteiger partial charge in [-0.2, -0.15) is 0 Å². The van der Waals surface area contributed by atoms with Gasteiger partial charge in [-0.05, 0) is 44.5 Å². The van der Waals surface area contributed by atoms with Crippen molar-refractivity contribution in [3.8, 4) is 0 Å². The van der Waals surface area contributed by atoms with Crippen LogP contribution in [0.4, 0.5) is 10.5 Å². The van der Waals surface area contributed by atoms with Crippen molar-refractivity contribution in [2.75, 3.05) is 31.6 Å². The number of hydrogen-bond acceptors (Lipinski definition) is 3. The van der Waals surface area contributed by atoms with Gasteiger partial charge in [-0.25, -0.2) is 4.79 Å². The minimum absolute atomic E-state index is 0.0980. The molecule has 1 aromatic rings. The first-order valence-electron chi connectivity index (χ1n) is 7.62. The van der Waals surface area contributed by atoms with Crippen LogP contribution in [0.15, 0.2) is 24.3 Å². The highest BCUT2D eigenvalue weighted by molar-refractivity contribution is 5.89. The number of anilines is 1. The highest BCUT2D eigenvalue weighted by Crippen LogP contribution is 2.16. The maximum Gasteiger partial charge on any atom is 0.321 e. The van der Waals surface area contributed by atoms with Crippen LogP contribution in [0.3, 0.4) is 0 Å². The van der Waals surface area contributed by atoms with Gasteiger partial charge >= 0.3 is 6.03 Å². The molecule has 118 valence electrons. The van der Waals surface area contributed by atoms with E-state index < -0.39 is 0 Å². The number of aliphatic hydroxyl groups is 1. The Morgan fingerprint density at radius 1 is 1.29 bits per heavy atom. The summed E-state index contributed by atoms with van der Waals surface area (Å²) >= 11 is 0. The Kier molecular flexibility index (Phi) is 7.79. The quantitative estimate of drug-likeness (QED) is 0.690. The molecule has 5 nitrogen and oxygen atoms in total. The van der Waals surface area contributed by atoms with Gasteiger partial charge in [0.2, 0.25) is 0 Å². The maximum atomic E-state index is 12.1. The van der Waals surface area contributed by atoms with Crippen LogP contribution < -0.4 is 10.6 Å². The monoisotopic (exact) mass is 293 g/mol. The lowest BCUT2D eigenvalue weighted by Gasteiger charge is -2.21. The first-order chi connectivity index (χ1) is 10.1. The highest BCUT2D eigenvalue weighted by atomic mass is 16.3.